The van der Waals surface area contributed by atoms with E-state index in [1.54, 1.807) is 24.3 Å². The van der Waals surface area contributed by atoms with Crippen molar-refractivity contribution < 1.29 is 27.4 Å². The average Bonchev–Trinajstić information content (AvgIpc) is 2.95. The van der Waals surface area contributed by atoms with Gasteiger partial charge in [0.15, 0.2) is 17.3 Å². The van der Waals surface area contributed by atoms with Crippen molar-refractivity contribution in [1.29, 1.82) is 0 Å². The second-order valence-corrected chi connectivity index (χ2v) is 6.24. The largest absolute Gasteiger partial charge is 0.586 e. The fraction of sp³-hybridized carbons (Fsp3) is 0.0526. The topological polar surface area (TPSA) is 60.5 Å². The van der Waals surface area contributed by atoms with Crippen molar-refractivity contribution in [3.05, 3.63) is 71.3 Å². The van der Waals surface area contributed by atoms with Crippen LogP contribution < -0.4 is 14.8 Å². The zero-order chi connectivity index (χ0) is 19.9. The van der Waals surface area contributed by atoms with E-state index in [2.05, 4.69) is 19.8 Å². The monoisotopic (exact) mass is 406 g/mol. The van der Waals surface area contributed by atoms with Crippen LogP contribution in [0.4, 0.5) is 18.9 Å². The number of aromatic nitrogens is 1. The van der Waals surface area contributed by atoms with Gasteiger partial charge < -0.3 is 14.8 Å². The maximum atomic E-state index is 13.6. The van der Waals surface area contributed by atoms with Crippen LogP contribution in [0.5, 0.6) is 11.5 Å². The lowest BCUT2D eigenvalue weighted by atomic mass is 10.0. The summed E-state index contributed by atoms with van der Waals surface area (Å²) in [6.45, 7) is 0. The van der Waals surface area contributed by atoms with E-state index in [1.807, 2.05) is 0 Å². The number of carbonyl (C=O) groups excluding carboxylic acids is 1. The van der Waals surface area contributed by atoms with E-state index >= 15 is 0 Å². The van der Waals surface area contributed by atoms with Crippen molar-refractivity contribution >= 4 is 23.2 Å². The van der Waals surface area contributed by atoms with Crippen molar-refractivity contribution in [2.45, 2.75) is 6.29 Å². The van der Waals surface area contributed by atoms with E-state index in [0.717, 1.165) is 6.20 Å². The van der Waals surface area contributed by atoms with Gasteiger partial charge in [-0.1, -0.05) is 23.7 Å². The number of carbonyl (C=O) groups is 1. The summed E-state index contributed by atoms with van der Waals surface area (Å²) in [5.74, 6) is -1.64. The number of hydrogen-bond donors (Lipinski definition) is 1. The fourth-order valence-electron chi connectivity index (χ4n) is 2.68. The molecule has 1 amide bonds. The lowest BCUT2D eigenvalue weighted by Crippen LogP contribution is -2.25. The van der Waals surface area contributed by atoms with Crippen LogP contribution in [0.3, 0.4) is 0 Å². The number of nitrogens with zero attached hydrogens (tertiary/aromatic N) is 1. The van der Waals surface area contributed by atoms with Gasteiger partial charge >= 0.3 is 6.29 Å². The summed E-state index contributed by atoms with van der Waals surface area (Å²) in [6.07, 6.45) is -1.48. The van der Waals surface area contributed by atoms with Crippen LogP contribution in [0.15, 0.2) is 54.9 Å². The van der Waals surface area contributed by atoms with Gasteiger partial charge in [0, 0.05) is 23.5 Å². The third-order valence-corrected chi connectivity index (χ3v) is 4.27. The molecule has 1 aliphatic heterocycles. The van der Waals surface area contributed by atoms with Gasteiger partial charge in [0.1, 0.15) is 0 Å². The summed E-state index contributed by atoms with van der Waals surface area (Å²) in [4.78, 5) is 15.7. The Morgan fingerprint density at radius 2 is 1.75 bits per heavy atom. The van der Waals surface area contributed by atoms with Crippen molar-refractivity contribution in [2.24, 2.45) is 0 Å². The number of amides is 1. The molecule has 0 saturated carbocycles. The molecule has 0 saturated heterocycles. The molecule has 3 aromatic rings. The maximum absolute atomic E-state index is 13.6. The molecule has 1 N–H and O–H groups in total. The summed E-state index contributed by atoms with van der Waals surface area (Å²) < 4.78 is 48.8. The van der Waals surface area contributed by atoms with E-state index in [0.29, 0.717) is 16.8 Å². The van der Waals surface area contributed by atoms with Crippen molar-refractivity contribution in [3.63, 3.8) is 0 Å². The molecule has 4 rings (SSSR count). The number of ether oxygens (including phenoxy) is 2. The number of anilines is 1. The van der Waals surface area contributed by atoms with E-state index in [-0.39, 0.29) is 22.1 Å². The molecule has 0 bridgehead atoms. The lowest BCUT2D eigenvalue weighted by molar-refractivity contribution is -0.286. The van der Waals surface area contributed by atoms with Crippen LogP contribution in [-0.2, 0) is 0 Å². The Kier molecular flexibility index (Phi) is 4.35. The van der Waals surface area contributed by atoms with E-state index in [4.69, 9.17) is 11.6 Å². The maximum Gasteiger partial charge on any atom is 0.586 e. The van der Waals surface area contributed by atoms with Gasteiger partial charge in [-0.2, -0.15) is 0 Å². The Labute approximate surface area is 161 Å². The zero-order valence-electron chi connectivity index (χ0n) is 13.9. The number of hydrogen-bond acceptors (Lipinski definition) is 4. The summed E-state index contributed by atoms with van der Waals surface area (Å²) in [6, 6.07) is 10.2. The molecule has 0 atom stereocenters. The van der Waals surface area contributed by atoms with Crippen LogP contribution in [-0.4, -0.2) is 17.2 Å². The van der Waals surface area contributed by atoms with Gasteiger partial charge in [0.2, 0.25) is 0 Å². The number of fused-ring (bicyclic) bond motifs is 1. The Balaban J connectivity index is 1.56. The summed E-state index contributed by atoms with van der Waals surface area (Å²) in [5.41, 5.74) is 1.31. The summed E-state index contributed by atoms with van der Waals surface area (Å²) >= 11 is 6.16. The molecular weight excluding hydrogens is 397 g/mol. The highest BCUT2D eigenvalue weighted by Gasteiger charge is 2.43. The third-order valence-electron chi connectivity index (χ3n) is 3.96. The Hall–Kier alpha value is -3.26. The van der Waals surface area contributed by atoms with Gasteiger partial charge in [-0.25, -0.2) is 4.39 Å². The van der Waals surface area contributed by atoms with Gasteiger partial charge in [-0.05, 0) is 29.8 Å². The second-order valence-electron chi connectivity index (χ2n) is 5.83. The number of benzene rings is 2. The molecule has 9 heteroatoms. The molecule has 0 spiro atoms. The minimum atomic E-state index is -3.74. The van der Waals surface area contributed by atoms with Crippen LogP contribution in [0.2, 0.25) is 5.02 Å². The first kappa shape index (κ1) is 18.1. The van der Waals surface area contributed by atoms with Gasteiger partial charge in [0.05, 0.1) is 16.8 Å². The Morgan fingerprint density at radius 3 is 2.43 bits per heavy atom. The van der Waals surface area contributed by atoms with Crippen molar-refractivity contribution in [2.75, 3.05) is 5.32 Å². The van der Waals surface area contributed by atoms with Crippen molar-refractivity contribution in [3.8, 4) is 22.6 Å². The molecule has 2 heterocycles. The molecule has 1 aliphatic rings. The van der Waals surface area contributed by atoms with Gasteiger partial charge in [-0.15, -0.1) is 8.78 Å². The lowest BCUT2D eigenvalue weighted by Gasteiger charge is -2.09. The summed E-state index contributed by atoms with van der Waals surface area (Å²) in [7, 11) is 0. The molecule has 1 aromatic heterocycles. The quantitative estimate of drug-likeness (QED) is 0.656. The number of rotatable bonds is 3. The first-order valence-electron chi connectivity index (χ1n) is 7.93. The minimum Gasteiger partial charge on any atom is -0.395 e. The Bertz CT molecular complexity index is 1070. The van der Waals surface area contributed by atoms with Crippen LogP contribution >= 0.6 is 11.6 Å². The highest BCUT2D eigenvalue weighted by atomic mass is 35.5. The molecule has 0 aliphatic carbocycles. The SMILES string of the molecule is O=C(Nc1ccc(-c2cc3c(cc2Cl)OC(F)(F)O3)cc1)c1ccncc1F. The highest BCUT2D eigenvalue weighted by molar-refractivity contribution is 6.33. The predicted molar refractivity (Wildman–Crippen MR) is 95.2 cm³/mol. The van der Waals surface area contributed by atoms with Crippen LogP contribution in [0.25, 0.3) is 11.1 Å². The highest BCUT2D eigenvalue weighted by Crippen LogP contribution is 2.46. The minimum absolute atomic E-state index is 0.130. The molecule has 142 valence electrons. The first-order valence-corrected chi connectivity index (χ1v) is 8.31. The fourth-order valence-corrected chi connectivity index (χ4v) is 2.95. The molecular formula is C19H10ClF3N2O3. The Morgan fingerprint density at radius 1 is 1.07 bits per heavy atom. The number of nitrogens with one attached hydrogen (secondary N) is 1. The average molecular weight is 407 g/mol. The van der Waals surface area contributed by atoms with Gasteiger partial charge in [0.25, 0.3) is 5.91 Å². The normalized spacial score (nSPS) is 14.0. The molecule has 0 fully saturated rings. The molecule has 28 heavy (non-hydrogen) atoms. The van der Waals surface area contributed by atoms with E-state index < -0.39 is 18.0 Å². The molecule has 0 unspecified atom stereocenters. The second kappa shape index (κ2) is 6.72. The third kappa shape index (κ3) is 3.46. The predicted octanol–water partition coefficient (Wildman–Crippen LogP) is 5.11. The van der Waals surface area contributed by atoms with Crippen LogP contribution in [0.1, 0.15) is 10.4 Å². The van der Waals surface area contributed by atoms with Crippen molar-refractivity contribution in [1.82, 2.24) is 4.98 Å². The zero-order valence-corrected chi connectivity index (χ0v) is 14.6. The number of halogens is 4. The number of alkyl halides is 2. The molecule has 0 radical (unpaired) electrons. The van der Waals surface area contributed by atoms with Gasteiger partial charge in [-0.3, -0.25) is 9.78 Å². The smallest absolute Gasteiger partial charge is 0.395 e. The summed E-state index contributed by atoms with van der Waals surface area (Å²) in [5, 5.41) is 2.75. The van der Waals surface area contributed by atoms with E-state index in [1.165, 1.54) is 24.4 Å². The molecule has 2 aromatic carbocycles. The first-order chi connectivity index (χ1) is 13.3. The molecule has 5 nitrogen and oxygen atoms in total. The van der Waals surface area contributed by atoms with Crippen LogP contribution in [0, 0.1) is 5.82 Å². The van der Waals surface area contributed by atoms with E-state index in [9.17, 15) is 18.0 Å². The standard InChI is InChI=1S/C19H10ClF3N2O3/c20-14-8-17-16(27-19(22,23)28-17)7-13(14)10-1-3-11(4-2-10)25-18(26)12-5-6-24-9-15(12)21/h1-9H,(H,25,26). The number of pyridine rings is 1.